The maximum absolute atomic E-state index is 11.2. The van der Waals surface area contributed by atoms with E-state index in [0.29, 0.717) is 0 Å². The Kier molecular flexibility index (Phi) is 3.32. The van der Waals surface area contributed by atoms with Crippen molar-refractivity contribution in [3.8, 4) is 0 Å². The largest absolute Gasteiger partial charge is 0.462 e. The molecule has 1 heterocycles. The SMILES string of the molecule is CC=CC1CC(CCC)OC1=O. The molecule has 0 radical (unpaired) electrons. The third-order valence-corrected chi connectivity index (χ3v) is 2.14. The second kappa shape index (κ2) is 4.29. The molecule has 12 heavy (non-hydrogen) atoms. The molecule has 0 aromatic rings. The Hall–Kier alpha value is -0.790. The summed E-state index contributed by atoms with van der Waals surface area (Å²) in [4.78, 5) is 11.2. The molecule has 68 valence electrons. The quantitative estimate of drug-likeness (QED) is 0.477. The fourth-order valence-electron chi connectivity index (χ4n) is 1.57. The molecule has 0 saturated carbocycles. The third-order valence-electron chi connectivity index (χ3n) is 2.14. The minimum Gasteiger partial charge on any atom is -0.462 e. The van der Waals surface area contributed by atoms with Gasteiger partial charge in [0, 0.05) is 6.42 Å². The lowest BCUT2D eigenvalue weighted by atomic mass is 10.0. The van der Waals surface area contributed by atoms with Crippen molar-refractivity contribution in [2.75, 3.05) is 0 Å². The van der Waals surface area contributed by atoms with Crippen molar-refractivity contribution in [3.05, 3.63) is 12.2 Å². The van der Waals surface area contributed by atoms with Crippen molar-refractivity contribution in [2.24, 2.45) is 5.92 Å². The van der Waals surface area contributed by atoms with E-state index in [4.69, 9.17) is 4.74 Å². The van der Waals surface area contributed by atoms with Crippen LogP contribution in [0.5, 0.6) is 0 Å². The van der Waals surface area contributed by atoms with Crippen LogP contribution >= 0.6 is 0 Å². The van der Waals surface area contributed by atoms with Gasteiger partial charge in [0.05, 0.1) is 5.92 Å². The summed E-state index contributed by atoms with van der Waals surface area (Å²) in [6.45, 7) is 4.04. The maximum atomic E-state index is 11.2. The lowest BCUT2D eigenvalue weighted by Gasteiger charge is -2.04. The van der Waals surface area contributed by atoms with Gasteiger partial charge in [0.15, 0.2) is 0 Å². The molecule has 1 saturated heterocycles. The van der Waals surface area contributed by atoms with Crippen LogP contribution in [0.4, 0.5) is 0 Å². The van der Waals surface area contributed by atoms with Gasteiger partial charge in [-0.1, -0.05) is 25.5 Å². The second-order valence-corrected chi connectivity index (χ2v) is 3.22. The van der Waals surface area contributed by atoms with Gasteiger partial charge in [-0.15, -0.1) is 0 Å². The Bertz CT molecular complexity index is 184. The molecule has 1 rings (SSSR count). The first-order valence-corrected chi connectivity index (χ1v) is 4.61. The summed E-state index contributed by atoms with van der Waals surface area (Å²) in [5.74, 6) is -0.0295. The molecular formula is C10H16O2. The number of rotatable bonds is 3. The first-order chi connectivity index (χ1) is 5.77. The fraction of sp³-hybridized carbons (Fsp3) is 0.700. The van der Waals surface area contributed by atoms with Gasteiger partial charge in [-0.3, -0.25) is 4.79 Å². The van der Waals surface area contributed by atoms with Gasteiger partial charge in [0.1, 0.15) is 6.10 Å². The molecule has 1 aliphatic rings. The van der Waals surface area contributed by atoms with E-state index in [2.05, 4.69) is 6.92 Å². The first kappa shape index (κ1) is 9.30. The van der Waals surface area contributed by atoms with Gasteiger partial charge >= 0.3 is 5.97 Å². The van der Waals surface area contributed by atoms with Crippen LogP contribution in [-0.2, 0) is 9.53 Å². The highest BCUT2D eigenvalue weighted by Crippen LogP contribution is 2.24. The molecule has 2 unspecified atom stereocenters. The Morgan fingerprint density at radius 1 is 1.67 bits per heavy atom. The summed E-state index contributed by atoms with van der Waals surface area (Å²) < 4.78 is 5.18. The van der Waals surface area contributed by atoms with Gasteiger partial charge in [-0.25, -0.2) is 0 Å². The highest BCUT2D eigenvalue weighted by Gasteiger charge is 2.31. The number of ether oxygens (including phenoxy) is 1. The molecular weight excluding hydrogens is 152 g/mol. The van der Waals surface area contributed by atoms with E-state index >= 15 is 0 Å². The van der Waals surface area contributed by atoms with Crippen LogP contribution in [0.25, 0.3) is 0 Å². The lowest BCUT2D eigenvalue weighted by Crippen LogP contribution is -2.05. The van der Waals surface area contributed by atoms with Gasteiger partial charge in [-0.2, -0.15) is 0 Å². The highest BCUT2D eigenvalue weighted by atomic mass is 16.5. The molecule has 0 aliphatic carbocycles. The topological polar surface area (TPSA) is 26.3 Å². The number of allylic oxidation sites excluding steroid dienone is 1. The highest BCUT2D eigenvalue weighted by molar-refractivity contribution is 5.76. The predicted octanol–water partition coefficient (Wildman–Crippen LogP) is 2.29. The van der Waals surface area contributed by atoms with E-state index in [1.165, 1.54) is 0 Å². The van der Waals surface area contributed by atoms with Gasteiger partial charge in [-0.05, 0) is 13.3 Å². The summed E-state index contributed by atoms with van der Waals surface area (Å²) >= 11 is 0. The van der Waals surface area contributed by atoms with Crippen LogP contribution in [0.2, 0.25) is 0 Å². The van der Waals surface area contributed by atoms with Gasteiger partial charge in [0.25, 0.3) is 0 Å². The molecule has 2 nitrogen and oxygen atoms in total. The number of esters is 1. The average Bonchev–Trinajstić information content (AvgIpc) is 2.34. The van der Waals surface area contributed by atoms with E-state index in [-0.39, 0.29) is 18.0 Å². The monoisotopic (exact) mass is 168 g/mol. The van der Waals surface area contributed by atoms with Crippen LogP contribution < -0.4 is 0 Å². The van der Waals surface area contributed by atoms with E-state index in [9.17, 15) is 4.79 Å². The maximum Gasteiger partial charge on any atom is 0.313 e. The summed E-state index contributed by atoms with van der Waals surface area (Å²) in [6.07, 6.45) is 6.97. The second-order valence-electron chi connectivity index (χ2n) is 3.22. The van der Waals surface area contributed by atoms with Crippen molar-refractivity contribution < 1.29 is 9.53 Å². The van der Waals surface area contributed by atoms with Crippen molar-refractivity contribution in [2.45, 2.75) is 39.2 Å². The molecule has 0 aromatic carbocycles. The molecule has 0 bridgehead atoms. The number of carbonyl (C=O) groups excluding carboxylic acids is 1. The molecule has 0 spiro atoms. The van der Waals surface area contributed by atoms with Crippen molar-refractivity contribution in [1.82, 2.24) is 0 Å². The smallest absolute Gasteiger partial charge is 0.313 e. The molecule has 2 atom stereocenters. The molecule has 0 amide bonds. The third kappa shape index (κ3) is 2.10. The van der Waals surface area contributed by atoms with Crippen LogP contribution in [0.1, 0.15) is 33.1 Å². The van der Waals surface area contributed by atoms with Crippen molar-refractivity contribution >= 4 is 5.97 Å². The minimum absolute atomic E-state index is 0.0200. The van der Waals surface area contributed by atoms with E-state index in [1.807, 2.05) is 19.1 Å². The minimum atomic E-state index is -0.0495. The summed E-state index contributed by atoms with van der Waals surface area (Å²) in [5, 5.41) is 0. The summed E-state index contributed by atoms with van der Waals surface area (Å²) in [7, 11) is 0. The Labute approximate surface area is 73.6 Å². The standard InChI is InChI=1S/C10H16O2/c1-3-5-8-7-9(6-4-2)12-10(8)11/h3,5,8-9H,4,6-7H2,1-2H3. The molecule has 2 heteroatoms. The van der Waals surface area contributed by atoms with Crippen LogP contribution in [0.3, 0.4) is 0 Å². The van der Waals surface area contributed by atoms with Gasteiger partial charge < -0.3 is 4.74 Å². The van der Waals surface area contributed by atoms with Crippen LogP contribution in [-0.4, -0.2) is 12.1 Å². The van der Waals surface area contributed by atoms with E-state index < -0.39 is 0 Å². The van der Waals surface area contributed by atoms with Crippen LogP contribution in [0, 0.1) is 5.92 Å². The Morgan fingerprint density at radius 3 is 3.00 bits per heavy atom. The summed E-state index contributed by atoms with van der Waals surface area (Å²) in [6, 6.07) is 0. The average molecular weight is 168 g/mol. The van der Waals surface area contributed by atoms with E-state index in [0.717, 1.165) is 19.3 Å². The number of carbonyl (C=O) groups is 1. The van der Waals surface area contributed by atoms with Crippen LogP contribution in [0.15, 0.2) is 12.2 Å². The molecule has 0 N–H and O–H groups in total. The zero-order chi connectivity index (χ0) is 8.97. The number of hydrogen-bond donors (Lipinski definition) is 0. The Balaban J connectivity index is 2.44. The zero-order valence-corrected chi connectivity index (χ0v) is 7.75. The lowest BCUT2D eigenvalue weighted by molar-refractivity contribution is -0.143. The normalized spacial score (nSPS) is 29.7. The molecule has 1 fully saturated rings. The number of hydrogen-bond acceptors (Lipinski definition) is 2. The van der Waals surface area contributed by atoms with Crippen molar-refractivity contribution in [1.29, 1.82) is 0 Å². The molecule has 0 aromatic heterocycles. The predicted molar refractivity (Wildman–Crippen MR) is 47.7 cm³/mol. The van der Waals surface area contributed by atoms with Crippen molar-refractivity contribution in [3.63, 3.8) is 0 Å². The fourth-order valence-corrected chi connectivity index (χ4v) is 1.57. The number of cyclic esters (lactones) is 1. The van der Waals surface area contributed by atoms with Gasteiger partial charge in [0.2, 0.25) is 0 Å². The Morgan fingerprint density at radius 2 is 2.42 bits per heavy atom. The summed E-state index contributed by atoms with van der Waals surface area (Å²) in [5.41, 5.74) is 0. The molecule has 1 aliphatic heterocycles. The van der Waals surface area contributed by atoms with E-state index in [1.54, 1.807) is 0 Å². The first-order valence-electron chi connectivity index (χ1n) is 4.61. The zero-order valence-electron chi connectivity index (χ0n) is 7.75.